The van der Waals surface area contributed by atoms with Crippen LogP contribution in [0.3, 0.4) is 0 Å². The van der Waals surface area contributed by atoms with E-state index in [1.807, 2.05) is 26.0 Å². The van der Waals surface area contributed by atoms with E-state index in [1.54, 1.807) is 6.07 Å². The molecule has 0 aliphatic heterocycles. The molecule has 0 aromatic heterocycles. The van der Waals surface area contributed by atoms with E-state index in [4.69, 9.17) is 4.74 Å². The molecule has 2 aromatic carbocycles. The van der Waals surface area contributed by atoms with E-state index in [2.05, 4.69) is 10.6 Å². The van der Waals surface area contributed by atoms with Gasteiger partial charge in [-0.15, -0.1) is 0 Å². The molecule has 2 N–H and O–H groups in total. The monoisotopic (exact) mass is 366 g/mol. The number of amides is 3. The van der Waals surface area contributed by atoms with Gasteiger partial charge in [0.25, 0.3) is 5.91 Å². The normalized spacial score (nSPS) is 11.0. The average Bonchev–Trinajstić information content (AvgIpc) is 2.55. The number of nitrogens with one attached hydrogen (secondary N) is 2. The van der Waals surface area contributed by atoms with Crippen LogP contribution in [0.15, 0.2) is 42.5 Å². The van der Waals surface area contributed by atoms with Crippen molar-refractivity contribution >= 4 is 17.6 Å². The van der Waals surface area contributed by atoms with Crippen LogP contribution in [0.2, 0.25) is 0 Å². The first-order chi connectivity index (χ1) is 12.1. The Morgan fingerprint density at radius 3 is 2.27 bits per heavy atom. The molecular weight excluding hydrogens is 349 g/mol. The zero-order valence-electron chi connectivity index (χ0n) is 14.1. The number of imide groups is 1. The third-order valence-corrected chi connectivity index (χ3v) is 3.43. The van der Waals surface area contributed by atoms with Gasteiger partial charge in [0.05, 0.1) is 5.56 Å². The molecule has 0 heterocycles. The molecule has 0 radical (unpaired) electrons. The summed E-state index contributed by atoms with van der Waals surface area (Å²) in [6.45, 7) is 3.22. The first-order valence-electron chi connectivity index (χ1n) is 7.63. The zero-order valence-corrected chi connectivity index (χ0v) is 14.1. The predicted octanol–water partition coefficient (Wildman–Crippen LogP) is 4.05. The molecule has 5 nitrogen and oxygen atoms in total. The van der Waals surface area contributed by atoms with Gasteiger partial charge in [-0.2, -0.15) is 13.2 Å². The topological polar surface area (TPSA) is 67.4 Å². The second kappa shape index (κ2) is 7.90. The van der Waals surface area contributed by atoms with Crippen LogP contribution in [0.1, 0.15) is 16.7 Å². The largest absolute Gasteiger partial charge is 0.484 e. The van der Waals surface area contributed by atoms with Crippen molar-refractivity contribution in [2.45, 2.75) is 20.0 Å². The summed E-state index contributed by atoms with van der Waals surface area (Å²) >= 11 is 0. The number of rotatable bonds is 4. The lowest BCUT2D eigenvalue weighted by Crippen LogP contribution is -2.37. The smallest absolute Gasteiger partial charge is 0.416 e. The number of aryl methyl sites for hydroxylation is 2. The summed E-state index contributed by atoms with van der Waals surface area (Å²) in [5.41, 5.74) is 1.62. The second-order valence-electron chi connectivity index (χ2n) is 5.63. The summed E-state index contributed by atoms with van der Waals surface area (Å²) < 4.78 is 42.4. The number of carbonyl (C=O) groups excluding carboxylic acids is 2. The molecule has 0 aliphatic rings. The van der Waals surface area contributed by atoms with Crippen LogP contribution in [0.4, 0.5) is 23.7 Å². The van der Waals surface area contributed by atoms with Gasteiger partial charge in [0, 0.05) is 5.69 Å². The van der Waals surface area contributed by atoms with Crippen LogP contribution in [0, 0.1) is 13.8 Å². The van der Waals surface area contributed by atoms with Gasteiger partial charge in [0.15, 0.2) is 6.61 Å². The number of hydrogen-bond acceptors (Lipinski definition) is 3. The summed E-state index contributed by atoms with van der Waals surface area (Å²) in [6.07, 6.45) is -4.44. The summed E-state index contributed by atoms with van der Waals surface area (Å²) in [5, 5.41) is 4.62. The van der Waals surface area contributed by atoms with E-state index in [0.717, 1.165) is 35.4 Å². The van der Waals surface area contributed by atoms with Gasteiger partial charge in [-0.05, 0) is 49.7 Å². The maximum atomic E-state index is 12.5. The number of anilines is 1. The highest BCUT2D eigenvalue weighted by atomic mass is 19.4. The fourth-order valence-electron chi connectivity index (χ4n) is 2.16. The molecule has 0 fully saturated rings. The Kier molecular flexibility index (Phi) is 5.86. The predicted molar refractivity (Wildman–Crippen MR) is 90.0 cm³/mol. The van der Waals surface area contributed by atoms with E-state index >= 15 is 0 Å². The van der Waals surface area contributed by atoms with Gasteiger partial charge in [0.2, 0.25) is 0 Å². The van der Waals surface area contributed by atoms with Crippen LogP contribution in [0.25, 0.3) is 0 Å². The second-order valence-corrected chi connectivity index (χ2v) is 5.63. The number of carbonyl (C=O) groups is 2. The van der Waals surface area contributed by atoms with Crippen LogP contribution < -0.4 is 15.4 Å². The van der Waals surface area contributed by atoms with Crippen LogP contribution in [-0.4, -0.2) is 18.5 Å². The third kappa shape index (κ3) is 5.51. The highest BCUT2D eigenvalue weighted by molar-refractivity contribution is 6.01. The average molecular weight is 366 g/mol. The molecule has 3 amide bonds. The van der Waals surface area contributed by atoms with Crippen LogP contribution >= 0.6 is 0 Å². The Morgan fingerprint density at radius 2 is 1.69 bits per heavy atom. The Morgan fingerprint density at radius 1 is 1.04 bits per heavy atom. The van der Waals surface area contributed by atoms with Crippen molar-refractivity contribution in [3.63, 3.8) is 0 Å². The minimum Gasteiger partial charge on any atom is -0.484 e. The number of alkyl halides is 3. The van der Waals surface area contributed by atoms with Gasteiger partial charge in [0.1, 0.15) is 5.75 Å². The van der Waals surface area contributed by atoms with E-state index in [0.29, 0.717) is 5.69 Å². The van der Waals surface area contributed by atoms with Gasteiger partial charge >= 0.3 is 12.2 Å². The molecule has 0 unspecified atom stereocenters. The summed E-state index contributed by atoms with van der Waals surface area (Å²) in [6, 6.07) is 8.59. The maximum Gasteiger partial charge on any atom is 0.416 e. The van der Waals surface area contributed by atoms with E-state index in [9.17, 15) is 22.8 Å². The lowest BCUT2D eigenvalue weighted by molar-refractivity contribution is -0.137. The molecule has 2 aromatic rings. The van der Waals surface area contributed by atoms with E-state index in [1.165, 1.54) is 0 Å². The van der Waals surface area contributed by atoms with Crippen molar-refractivity contribution in [2.75, 3.05) is 11.9 Å². The zero-order chi connectivity index (χ0) is 19.3. The molecule has 26 heavy (non-hydrogen) atoms. The Bertz CT molecular complexity index is 802. The fraction of sp³-hybridized carbons (Fsp3) is 0.222. The quantitative estimate of drug-likeness (QED) is 0.858. The molecule has 0 saturated heterocycles. The SMILES string of the molecule is Cc1ccc(NC(=O)NC(=O)COc2ccc(C(F)(F)F)cc2)c(C)c1. The first-order valence-corrected chi connectivity index (χ1v) is 7.63. The minimum atomic E-state index is -4.44. The van der Waals surface area contributed by atoms with Crippen molar-refractivity contribution in [2.24, 2.45) is 0 Å². The lowest BCUT2D eigenvalue weighted by atomic mass is 10.1. The van der Waals surface area contributed by atoms with Gasteiger partial charge in [-0.1, -0.05) is 17.7 Å². The molecule has 0 atom stereocenters. The molecular formula is C18H17F3N2O3. The lowest BCUT2D eigenvalue weighted by Gasteiger charge is -2.11. The molecule has 138 valence electrons. The Labute approximate surface area is 148 Å². The van der Waals surface area contributed by atoms with Gasteiger partial charge in [-0.25, -0.2) is 4.79 Å². The standard InChI is InChI=1S/C18H17F3N2O3/c1-11-3-8-15(12(2)9-11)22-17(25)23-16(24)10-26-14-6-4-13(5-7-14)18(19,20)21/h3-9H,10H2,1-2H3,(H2,22,23,24,25). The summed E-state index contributed by atoms with van der Waals surface area (Å²) in [7, 11) is 0. The number of hydrogen-bond donors (Lipinski definition) is 2. The molecule has 2 rings (SSSR count). The summed E-state index contributed by atoms with van der Waals surface area (Å²) in [4.78, 5) is 23.5. The van der Waals surface area contributed by atoms with Crippen LogP contribution in [0.5, 0.6) is 5.75 Å². The molecule has 8 heteroatoms. The van der Waals surface area contributed by atoms with Crippen molar-refractivity contribution in [3.05, 3.63) is 59.2 Å². The highest BCUT2D eigenvalue weighted by Gasteiger charge is 2.30. The first kappa shape index (κ1) is 19.3. The molecule has 0 spiro atoms. The molecule has 0 bridgehead atoms. The Hall–Kier alpha value is -3.03. The van der Waals surface area contributed by atoms with E-state index < -0.39 is 30.3 Å². The molecule has 0 aliphatic carbocycles. The number of benzene rings is 2. The van der Waals surface area contributed by atoms with Gasteiger partial charge in [-0.3, -0.25) is 10.1 Å². The summed E-state index contributed by atoms with van der Waals surface area (Å²) in [5.74, 6) is -0.643. The maximum absolute atomic E-state index is 12.5. The van der Waals surface area contributed by atoms with E-state index in [-0.39, 0.29) is 5.75 Å². The minimum absolute atomic E-state index is 0.0861. The fourth-order valence-corrected chi connectivity index (χ4v) is 2.16. The number of urea groups is 1. The molecule has 0 saturated carbocycles. The number of halogens is 3. The number of ether oxygens (including phenoxy) is 1. The van der Waals surface area contributed by atoms with Crippen molar-refractivity contribution < 1.29 is 27.5 Å². The Balaban J connectivity index is 1.83. The van der Waals surface area contributed by atoms with Crippen molar-refractivity contribution in [1.29, 1.82) is 0 Å². The van der Waals surface area contributed by atoms with Crippen LogP contribution in [-0.2, 0) is 11.0 Å². The van der Waals surface area contributed by atoms with Gasteiger partial charge < -0.3 is 10.1 Å². The van der Waals surface area contributed by atoms with Crippen molar-refractivity contribution in [3.8, 4) is 5.75 Å². The highest BCUT2D eigenvalue weighted by Crippen LogP contribution is 2.30. The third-order valence-electron chi connectivity index (χ3n) is 3.43. The van der Waals surface area contributed by atoms with Crippen molar-refractivity contribution in [1.82, 2.24) is 5.32 Å².